The van der Waals surface area contributed by atoms with Gasteiger partial charge in [0.25, 0.3) is 0 Å². The van der Waals surface area contributed by atoms with E-state index in [0.717, 1.165) is 100 Å². The van der Waals surface area contributed by atoms with Crippen molar-refractivity contribution in [3.05, 3.63) is 65.4 Å². The van der Waals surface area contributed by atoms with Crippen LogP contribution in [0, 0.1) is 11.8 Å². The number of aromatic amines is 2. The molecule has 6 heterocycles. The molecule has 4 N–H and O–H groups in total. The van der Waals surface area contributed by atoms with Crippen molar-refractivity contribution in [2.45, 2.75) is 82.1 Å². The molecule has 12 heteroatoms. The number of amides is 2. The van der Waals surface area contributed by atoms with Crippen LogP contribution in [-0.4, -0.2) is 76.3 Å². The van der Waals surface area contributed by atoms with Crippen LogP contribution in [0.25, 0.3) is 44.2 Å². The molecule has 2 amide bonds. The number of benzene rings is 3. The smallest absolute Gasteiger partial charge is 0.407 e. The van der Waals surface area contributed by atoms with Gasteiger partial charge in [-0.05, 0) is 91.1 Å². The van der Waals surface area contributed by atoms with Gasteiger partial charge in [0.15, 0.2) is 0 Å². The van der Waals surface area contributed by atoms with Gasteiger partial charge in [-0.1, -0.05) is 25.1 Å². The maximum absolute atomic E-state index is 13.8. The SMILES string of the molecule is COC[C@@H]1CN[C@H](c2nc(-c3ccc4c(c3)COc3cc5c(ccc6[nH]c([C@@H]7CC[C@@H]8CC(C)[C@H](NC(=O)OC)C(=O)N87)nc65)cc3-4)c(C3CC3)[nH]2)C1. The third-order valence-electron chi connectivity index (χ3n) is 12.3. The number of carbonyl (C=O) groups is 2. The molecule has 0 spiro atoms. The number of hydrogen-bond acceptors (Lipinski definition) is 8. The third kappa shape index (κ3) is 5.48. The van der Waals surface area contributed by atoms with E-state index in [1.54, 1.807) is 7.11 Å². The standard InChI is InChI=1S/C41H45N7O5/c1-20-12-26-8-11-32(48(26)40(49)34(20)47-41(50)52-3)39-43-30-10-7-23-15-29-27-9-6-24(14-25(27)19-53-33(29)16-28(23)37(30)46-39)36-35(22-4-5-22)44-38(45-36)31-13-21(17-42-31)18-51-2/h6-7,9-10,14-16,20-22,26,31-32,34,42H,4-5,8,11-13,17-19H2,1-3H3,(H,43,46)(H,44,45)(H,47,50)/t20?,21-,26+,31-,32-,34-/m0/s1. The molecular formula is C41H45N7O5. The van der Waals surface area contributed by atoms with Crippen LogP contribution >= 0.6 is 0 Å². The average Bonchev–Trinajstić information content (AvgIpc) is 3.51. The van der Waals surface area contributed by atoms with Crippen molar-refractivity contribution in [3.63, 3.8) is 0 Å². The molecule has 5 aromatic rings. The maximum Gasteiger partial charge on any atom is 0.407 e. The molecule has 3 aromatic carbocycles. The summed E-state index contributed by atoms with van der Waals surface area (Å²) in [5, 5.41) is 8.51. The second-order valence-electron chi connectivity index (χ2n) is 15.8. The lowest BCUT2D eigenvalue weighted by molar-refractivity contribution is -0.142. The predicted octanol–water partition coefficient (Wildman–Crippen LogP) is 6.64. The number of ether oxygens (including phenoxy) is 3. The lowest BCUT2D eigenvalue weighted by Crippen LogP contribution is -2.58. The highest BCUT2D eigenvalue weighted by atomic mass is 16.5. The van der Waals surface area contributed by atoms with Crippen LogP contribution in [-0.2, 0) is 20.9 Å². The number of hydrogen-bond donors (Lipinski definition) is 4. The van der Waals surface area contributed by atoms with Crippen LogP contribution in [0.5, 0.6) is 5.75 Å². The second-order valence-corrected chi connectivity index (χ2v) is 15.8. The fraction of sp³-hybridized carbons (Fsp3) is 0.463. The monoisotopic (exact) mass is 715 g/mol. The summed E-state index contributed by atoms with van der Waals surface area (Å²) >= 11 is 0. The Hall–Kier alpha value is -4.94. The number of nitrogens with one attached hydrogen (secondary N) is 4. The summed E-state index contributed by atoms with van der Waals surface area (Å²) in [6.45, 7) is 4.20. The molecule has 3 saturated heterocycles. The Morgan fingerprint density at radius 2 is 1.89 bits per heavy atom. The third-order valence-corrected chi connectivity index (χ3v) is 12.3. The van der Waals surface area contributed by atoms with Gasteiger partial charge in [-0.3, -0.25) is 4.79 Å². The molecule has 4 fully saturated rings. The van der Waals surface area contributed by atoms with Crippen LogP contribution in [0.4, 0.5) is 4.79 Å². The lowest BCUT2D eigenvalue weighted by Gasteiger charge is -2.41. The molecule has 1 saturated carbocycles. The zero-order valence-electron chi connectivity index (χ0n) is 30.3. The summed E-state index contributed by atoms with van der Waals surface area (Å²) in [5.74, 6) is 3.64. The van der Waals surface area contributed by atoms with E-state index in [2.05, 4.69) is 63.1 Å². The van der Waals surface area contributed by atoms with E-state index >= 15 is 0 Å². The highest BCUT2D eigenvalue weighted by Crippen LogP contribution is 2.47. The van der Waals surface area contributed by atoms with Gasteiger partial charge in [-0.2, -0.15) is 0 Å². The zero-order valence-corrected chi connectivity index (χ0v) is 30.3. The predicted molar refractivity (Wildman–Crippen MR) is 199 cm³/mol. The topological polar surface area (TPSA) is 146 Å². The molecule has 2 aromatic heterocycles. The summed E-state index contributed by atoms with van der Waals surface area (Å²) in [6.07, 6.45) is 5.38. The van der Waals surface area contributed by atoms with Gasteiger partial charge in [0.1, 0.15) is 30.0 Å². The largest absolute Gasteiger partial charge is 0.488 e. The van der Waals surface area contributed by atoms with Crippen LogP contribution in [0.15, 0.2) is 42.5 Å². The fourth-order valence-electron chi connectivity index (χ4n) is 9.52. The molecule has 0 bridgehead atoms. The van der Waals surface area contributed by atoms with Crippen molar-refractivity contribution in [1.29, 1.82) is 0 Å². The summed E-state index contributed by atoms with van der Waals surface area (Å²) in [7, 11) is 3.09. The maximum atomic E-state index is 13.8. The average molecular weight is 716 g/mol. The molecule has 274 valence electrons. The molecule has 1 aliphatic carbocycles. The number of alkyl carbamates (subject to hydrolysis) is 1. The summed E-state index contributed by atoms with van der Waals surface area (Å²) in [5.41, 5.74) is 8.63. The number of fused-ring (bicyclic) bond motifs is 7. The van der Waals surface area contributed by atoms with E-state index in [9.17, 15) is 9.59 Å². The first-order chi connectivity index (χ1) is 25.9. The number of rotatable bonds is 7. The van der Waals surface area contributed by atoms with Crippen molar-refractivity contribution in [2.75, 3.05) is 27.4 Å². The van der Waals surface area contributed by atoms with E-state index in [0.29, 0.717) is 18.4 Å². The van der Waals surface area contributed by atoms with Gasteiger partial charge < -0.3 is 39.7 Å². The van der Waals surface area contributed by atoms with Crippen LogP contribution in [0.2, 0.25) is 0 Å². The first-order valence-corrected chi connectivity index (χ1v) is 19.1. The molecule has 12 nitrogen and oxygen atoms in total. The van der Waals surface area contributed by atoms with Crippen LogP contribution in [0.1, 0.15) is 86.4 Å². The van der Waals surface area contributed by atoms with Crippen molar-refractivity contribution in [3.8, 4) is 28.1 Å². The molecular weight excluding hydrogens is 670 g/mol. The number of imidazole rings is 2. The highest BCUT2D eigenvalue weighted by Gasteiger charge is 2.48. The van der Waals surface area contributed by atoms with Gasteiger partial charge in [0, 0.05) is 47.8 Å². The number of methoxy groups -OCH3 is 2. The van der Waals surface area contributed by atoms with E-state index in [1.165, 1.54) is 31.2 Å². The molecule has 4 aliphatic heterocycles. The summed E-state index contributed by atoms with van der Waals surface area (Å²) in [6, 6.07) is 14.8. The minimum atomic E-state index is -0.618. The minimum Gasteiger partial charge on any atom is -0.488 e. The summed E-state index contributed by atoms with van der Waals surface area (Å²) < 4.78 is 16.7. The Labute approximate surface area is 307 Å². The Morgan fingerprint density at radius 1 is 1.00 bits per heavy atom. The molecule has 1 unspecified atom stereocenters. The van der Waals surface area contributed by atoms with Crippen molar-refractivity contribution in [2.24, 2.45) is 11.8 Å². The number of carbonyl (C=O) groups excluding carboxylic acids is 2. The van der Waals surface area contributed by atoms with E-state index in [-0.39, 0.29) is 30.0 Å². The van der Waals surface area contributed by atoms with E-state index < -0.39 is 12.1 Å². The molecule has 10 rings (SSSR count). The van der Waals surface area contributed by atoms with Gasteiger partial charge in [-0.15, -0.1) is 0 Å². The van der Waals surface area contributed by atoms with E-state index in [4.69, 9.17) is 24.2 Å². The van der Waals surface area contributed by atoms with Crippen LogP contribution in [0.3, 0.4) is 0 Å². The normalized spacial score (nSPS) is 26.4. The van der Waals surface area contributed by atoms with Gasteiger partial charge >= 0.3 is 6.09 Å². The number of H-pyrrole nitrogens is 2. The number of nitrogens with zero attached hydrogens (tertiary/aromatic N) is 3. The molecule has 5 aliphatic rings. The first kappa shape index (κ1) is 32.7. The van der Waals surface area contributed by atoms with Gasteiger partial charge in [0.05, 0.1) is 42.5 Å². The van der Waals surface area contributed by atoms with Gasteiger partial charge in [0.2, 0.25) is 5.91 Å². The Bertz CT molecular complexity index is 2280. The highest BCUT2D eigenvalue weighted by molar-refractivity contribution is 6.07. The minimum absolute atomic E-state index is 0.0245. The lowest BCUT2D eigenvalue weighted by atomic mass is 9.88. The molecule has 6 atom stereocenters. The Morgan fingerprint density at radius 3 is 2.72 bits per heavy atom. The second kappa shape index (κ2) is 12.6. The molecule has 0 radical (unpaired) electrons. The van der Waals surface area contributed by atoms with Gasteiger partial charge in [-0.25, -0.2) is 14.8 Å². The fourth-order valence-corrected chi connectivity index (χ4v) is 9.52. The Balaban J connectivity index is 0.950. The molecule has 53 heavy (non-hydrogen) atoms. The summed E-state index contributed by atoms with van der Waals surface area (Å²) in [4.78, 5) is 45.4. The Kier molecular flexibility index (Phi) is 7.76. The van der Waals surface area contributed by atoms with E-state index in [1.807, 2.05) is 11.8 Å². The van der Waals surface area contributed by atoms with Crippen LogP contribution < -0.4 is 15.4 Å². The van der Waals surface area contributed by atoms with Crippen molar-refractivity contribution < 1.29 is 23.8 Å². The van der Waals surface area contributed by atoms with Crippen molar-refractivity contribution in [1.82, 2.24) is 35.5 Å². The quantitative estimate of drug-likeness (QED) is 0.147. The zero-order chi connectivity index (χ0) is 36.0. The number of piperidine rings is 1. The number of aromatic nitrogens is 4. The van der Waals surface area contributed by atoms with Crippen molar-refractivity contribution >= 4 is 33.8 Å². The first-order valence-electron chi connectivity index (χ1n) is 19.1.